The molecule has 4 heteroatoms. The van der Waals surface area contributed by atoms with Crippen LogP contribution in [-0.2, 0) is 10.2 Å². The molecular weight excluding hydrogens is 298 g/mol. The van der Waals surface area contributed by atoms with Crippen LogP contribution in [0.1, 0.15) is 46.6 Å². The highest BCUT2D eigenvalue weighted by Crippen LogP contribution is 2.36. The van der Waals surface area contributed by atoms with Gasteiger partial charge in [0.25, 0.3) is 0 Å². The van der Waals surface area contributed by atoms with E-state index in [9.17, 15) is 0 Å². The van der Waals surface area contributed by atoms with Gasteiger partial charge < -0.3 is 15.2 Å². The first kappa shape index (κ1) is 21.2. The number of benzene rings is 1. The molecule has 0 saturated heterocycles. The van der Waals surface area contributed by atoms with Crippen molar-refractivity contribution >= 4 is 12.4 Å². The van der Waals surface area contributed by atoms with Crippen molar-refractivity contribution in [2.45, 2.75) is 46.5 Å². The number of ether oxygens (including phenoxy) is 2. The van der Waals surface area contributed by atoms with E-state index in [-0.39, 0.29) is 17.8 Å². The summed E-state index contributed by atoms with van der Waals surface area (Å²) in [5.41, 5.74) is 7.19. The highest BCUT2D eigenvalue weighted by molar-refractivity contribution is 5.85. The molecule has 0 heterocycles. The molecule has 0 bridgehead atoms. The Morgan fingerprint density at radius 2 is 1.50 bits per heavy atom. The van der Waals surface area contributed by atoms with Gasteiger partial charge >= 0.3 is 0 Å². The molecule has 0 aromatic heterocycles. The lowest BCUT2D eigenvalue weighted by atomic mass is 9.72. The van der Waals surface area contributed by atoms with Gasteiger partial charge in [-0.2, -0.15) is 0 Å². The maximum absolute atomic E-state index is 5.66. The van der Waals surface area contributed by atoms with Crippen molar-refractivity contribution in [3.05, 3.63) is 29.8 Å². The molecule has 0 spiro atoms. The van der Waals surface area contributed by atoms with Gasteiger partial charge in [-0.15, -0.1) is 12.4 Å². The fourth-order valence-corrected chi connectivity index (χ4v) is 2.83. The van der Waals surface area contributed by atoms with Gasteiger partial charge in [-0.3, -0.25) is 0 Å². The van der Waals surface area contributed by atoms with E-state index in [1.165, 1.54) is 5.56 Å². The van der Waals surface area contributed by atoms with Crippen molar-refractivity contribution < 1.29 is 9.47 Å². The number of hydrogen-bond donors (Lipinski definition) is 1. The van der Waals surface area contributed by atoms with Crippen molar-refractivity contribution in [3.63, 3.8) is 0 Å². The fraction of sp³-hybridized carbons (Fsp3) is 0.667. The highest BCUT2D eigenvalue weighted by atomic mass is 35.5. The third-order valence-electron chi connectivity index (χ3n) is 3.37. The second-order valence-electron chi connectivity index (χ2n) is 7.40. The summed E-state index contributed by atoms with van der Waals surface area (Å²) in [6.45, 7) is 13.7. The zero-order chi connectivity index (χ0) is 15.9. The molecular formula is C18H32ClNO2. The van der Waals surface area contributed by atoms with Crippen LogP contribution in [0.4, 0.5) is 0 Å². The Bertz CT molecular complexity index is 410. The second kappa shape index (κ2) is 9.39. The van der Waals surface area contributed by atoms with E-state index in [1.54, 1.807) is 0 Å². The van der Waals surface area contributed by atoms with Gasteiger partial charge in [0, 0.05) is 6.54 Å². The monoisotopic (exact) mass is 329 g/mol. The van der Waals surface area contributed by atoms with Crippen LogP contribution in [0.5, 0.6) is 5.75 Å². The van der Waals surface area contributed by atoms with Gasteiger partial charge in [0.2, 0.25) is 0 Å². The number of rotatable bonds is 8. The summed E-state index contributed by atoms with van der Waals surface area (Å²) in [5, 5.41) is 0. The van der Waals surface area contributed by atoms with E-state index in [4.69, 9.17) is 15.2 Å². The van der Waals surface area contributed by atoms with E-state index in [2.05, 4.69) is 46.8 Å². The van der Waals surface area contributed by atoms with Crippen molar-refractivity contribution in [2.75, 3.05) is 26.4 Å². The first-order valence-corrected chi connectivity index (χ1v) is 7.76. The molecule has 1 aromatic carbocycles. The first-order valence-electron chi connectivity index (χ1n) is 7.76. The zero-order valence-electron chi connectivity index (χ0n) is 14.6. The molecule has 0 unspecified atom stereocenters. The highest BCUT2D eigenvalue weighted by Gasteiger charge is 2.27. The van der Waals surface area contributed by atoms with Crippen LogP contribution in [-0.4, -0.2) is 26.4 Å². The van der Waals surface area contributed by atoms with E-state index in [0.29, 0.717) is 31.8 Å². The van der Waals surface area contributed by atoms with Crippen LogP contribution in [0.25, 0.3) is 0 Å². The Morgan fingerprint density at radius 1 is 0.909 bits per heavy atom. The average Bonchev–Trinajstić information content (AvgIpc) is 2.36. The normalized spacial score (nSPS) is 11.9. The lowest BCUT2D eigenvalue weighted by Gasteiger charge is -2.33. The Hall–Kier alpha value is -0.770. The van der Waals surface area contributed by atoms with Gasteiger partial charge in [0.1, 0.15) is 12.4 Å². The van der Waals surface area contributed by atoms with Crippen LogP contribution in [0.2, 0.25) is 0 Å². The minimum Gasteiger partial charge on any atom is -0.491 e. The predicted octanol–water partition coefficient (Wildman–Crippen LogP) is 4.18. The van der Waals surface area contributed by atoms with Crippen LogP contribution in [0.3, 0.4) is 0 Å². The van der Waals surface area contributed by atoms with Crippen LogP contribution >= 0.6 is 12.4 Å². The second-order valence-corrected chi connectivity index (χ2v) is 7.40. The minimum absolute atomic E-state index is 0. The molecule has 0 aliphatic heterocycles. The molecule has 3 nitrogen and oxygen atoms in total. The zero-order valence-corrected chi connectivity index (χ0v) is 15.5. The van der Waals surface area contributed by atoms with Crippen molar-refractivity contribution in [3.8, 4) is 5.75 Å². The molecule has 22 heavy (non-hydrogen) atoms. The number of nitrogens with two attached hydrogens (primary N) is 1. The summed E-state index contributed by atoms with van der Waals surface area (Å²) in [6.07, 6.45) is 1.15. The lowest BCUT2D eigenvalue weighted by Crippen LogP contribution is -2.24. The SMILES string of the molecule is CC(C)(C)CC(C)(C)c1ccc(OCCOCCN)cc1.Cl. The van der Waals surface area contributed by atoms with Crippen molar-refractivity contribution in [2.24, 2.45) is 11.1 Å². The molecule has 0 radical (unpaired) electrons. The quantitative estimate of drug-likeness (QED) is 0.728. The van der Waals surface area contributed by atoms with E-state index in [0.717, 1.165) is 12.2 Å². The van der Waals surface area contributed by atoms with Gasteiger partial charge in [0.05, 0.1) is 13.2 Å². The minimum atomic E-state index is 0. The van der Waals surface area contributed by atoms with Gasteiger partial charge in [-0.05, 0) is 34.9 Å². The lowest BCUT2D eigenvalue weighted by molar-refractivity contribution is 0.106. The summed E-state index contributed by atoms with van der Waals surface area (Å²) in [5.74, 6) is 0.890. The fourth-order valence-electron chi connectivity index (χ4n) is 2.83. The summed E-state index contributed by atoms with van der Waals surface area (Å²) in [7, 11) is 0. The largest absolute Gasteiger partial charge is 0.491 e. The summed E-state index contributed by atoms with van der Waals surface area (Å²) >= 11 is 0. The molecule has 0 fully saturated rings. The maximum atomic E-state index is 5.66. The standard InChI is InChI=1S/C18H31NO2.ClH/c1-17(2,3)14-18(4,5)15-6-8-16(9-7-15)21-13-12-20-11-10-19;/h6-9H,10-14,19H2,1-5H3;1H. The van der Waals surface area contributed by atoms with Crippen LogP contribution in [0, 0.1) is 5.41 Å². The summed E-state index contributed by atoms with van der Waals surface area (Å²) < 4.78 is 10.9. The smallest absolute Gasteiger partial charge is 0.119 e. The molecule has 0 amide bonds. The molecule has 0 atom stereocenters. The molecule has 0 aliphatic carbocycles. The number of hydrogen-bond acceptors (Lipinski definition) is 3. The molecule has 0 saturated carbocycles. The predicted molar refractivity (Wildman–Crippen MR) is 96.2 cm³/mol. The van der Waals surface area contributed by atoms with E-state index in [1.807, 2.05) is 12.1 Å². The topological polar surface area (TPSA) is 44.5 Å². The van der Waals surface area contributed by atoms with Crippen molar-refractivity contribution in [1.29, 1.82) is 0 Å². The molecule has 128 valence electrons. The Kier molecular flexibility index (Phi) is 9.06. The molecule has 0 aliphatic rings. The number of halogens is 1. The van der Waals surface area contributed by atoms with Gasteiger partial charge in [-0.1, -0.05) is 46.8 Å². The average molecular weight is 330 g/mol. The Morgan fingerprint density at radius 3 is 2.00 bits per heavy atom. The first-order chi connectivity index (χ1) is 9.74. The molecule has 2 N–H and O–H groups in total. The van der Waals surface area contributed by atoms with Crippen molar-refractivity contribution in [1.82, 2.24) is 0 Å². The third-order valence-corrected chi connectivity index (χ3v) is 3.37. The van der Waals surface area contributed by atoms with Gasteiger partial charge in [-0.25, -0.2) is 0 Å². The summed E-state index contributed by atoms with van der Waals surface area (Å²) in [4.78, 5) is 0. The summed E-state index contributed by atoms with van der Waals surface area (Å²) in [6, 6.07) is 8.43. The molecule has 1 aromatic rings. The maximum Gasteiger partial charge on any atom is 0.119 e. The van der Waals surface area contributed by atoms with E-state index < -0.39 is 0 Å². The third kappa shape index (κ3) is 8.02. The Labute approximate surface area is 142 Å². The van der Waals surface area contributed by atoms with E-state index >= 15 is 0 Å². The van der Waals surface area contributed by atoms with Crippen LogP contribution in [0.15, 0.2) is 24.3 Å². The van der Waals surface area contributed by atoms with Crippen LogP contribution < -0.4 is 10.5 Å². The van der Waals surface area contributed by atoms with Gasteiger partial charge in [0.15, 0.2) is 0 Å². The Balaban J connectivity index is 0.00000441. The molecule has 1 rings (SSSR count).